The molecule has 1 aliphatic carbocycles. The Kier molecular flexibility index (Phi) is 3.58. The molecule has 1 amide bonds. The molecule has 2 heterocycles. The van der Waals surface area contributed by atoms with Gasteiger partial charge in [-0.05, 0) is 25.7 Å². The molecule has 0 saturated heterocycles. The quantitative estimate of drug-likeness (QED) is 0.809. The fraction of sp³-hybridized carbons (Fsp3) is 0.417. The van der Waals surface area contributed by atoms with Gasteiger partial charge in [-0.25, -0.2) is 9.97 Å². The largest absolute Gasteiger partial charge is 0.382 e. The molecule has 0 bridgehead atoms. The van der Waals surface area contributed by atoms with Crippen molar-refractivity contribution in [3.8, 4) is 0 Å². The van der Waals surface area contributed by atoms with Gasteiger partial charge in [0.1, 0.15) is 10.7 Å². The van der Waals surface area contributed by atoms with Crippen molar-refractivity contribution in [1.29, 1.82) is 0 Å². The zero-order valence-corrected chi connectivity index (χ0v) is 12.7. The van der Waals surface area contributed by atoms with Crippen molar-refractivity contribution in [1.82, 2.24) is 9.97 Å². The van der Waals surface area contributed by atoms with Gasteiger partial charge in [0.2, 0.25) is 0 Å². The third kappa shape index (κ3) is 2.48. The van der Waals surface area contributed by atoms with E-state index in [4.69, 9.17) is 5.73 Å². The minimum Gasteiger partial charge on any atom is -0.382 e. The molecule has 2 aromatic rings. The predicted octanol–water partition coefficient (Wildman–Crippen LogP) is 2.35. The van der Waals surface area contributed by atoms with Gasteiger partial charge >= 0.3 is 0 Å². The van der Waals surface area contributed by atoms with E-state index in [1.807, 2.05) is 0 Å². The van der Waals surface area contributed by atoms with Crippen LogP contribution in [0.2, 0.25) is 0 Å². The van der Waals surface area contributed by atoms with Gasteiger partial charge in [0.05, 0.1) is 5.69 Å². The first-order valence-corrected chi connectivity index (χ1v) is 8.04. The second kappa shape index (κ2) is 5.37. The van der Waals surface area contributed by atoms with Crippen molar-refractivity contribution in [3.05, 3.63) is 15.4 Å². The fourth-order valence-electron chi connectivity index (χ4n) is 2.16. The molecule has 1 aliphatic rings. The topological polar surface area (TPSA) is 92.9 Å². The maximum absolute atomic E-state index is 12.2. The molecule has 0 aliphatic heterocycles. The number of nitrogen functional groups attached to an aromatic ring is 1. The highest BCUT2D eigenvalue weighted by atomic mass is 32.1. The summed E-state index contributed by atoms with van der Waals surface area (Å²) in [4.78, 5) is 22.5. The van der Waals surface area contributed by atoms with Crippen LogP contribution in [0.3, 0.4) is 0 Å². The second-order valence-corrected chi connectivity index (χ2v) is 6.62. The zero-order valence-electron chi connectivity index (χ0n) is 11.0. The summed E-state index contributed by atoms with van der Waals surface area (Å²) in [5.74, 6) is 0.00534. The van der Waals surface area contributed by atoms with Crippen molar-refractivity contribution in [3.63, 3.8) is 0 Å². The van der Waals surface area contributed by atoms with Crippen LogP contribution in [-0.2, 0) is 12.8 Å². The maximum Gasteiger partial charge on any atom is 0.271 e. The van der Waals surface area contributed by atoms with E-state index in [1.165, 1.54) is 29.1 Å². The summed E-state index contributed by atoms with van der Waals surface area (Å²) < 4.78 is 0. The van der Waals surface area contributed by atoms with Gasteiger partial charge in [-0.3, -0.25) is 10.1 Å². The summed E-state index contributed by atoms with van der Waals surface area (Å²) in [5.41, 5.74) is 6.88. The maximum atomic E-state index is 12.2. The van der Waals surface area contributed by atoms with Crippen molar-refractivity contribution in [2.24, 2.45) is 0 Å². The lowest BCUT2D eigenvalue weighted by Crippen LogP contribution is -2.12. The lowest BCUT2D eigenvalue weighted by molar-refractivity contribution is 0.103. The molecule has 20 heavy (non-hydrogen) atoms. The van der Waals surface area contributed by atoms with Crippen LogP contribution in [0.1, 0.15) is 33.1 Å². The molecule has 3 rings (SSSR count). The number of carbonyl (C=O) groups is 1. The molecule has 4 N–H and O–H groups in total. The van der Waals surface area contributed by atoms with Crippen LogP contribution < -0.4 is 16.4 Å². The van der Waals surface area contributed by atoms with Crippen molar-refractivity contribution in [2.75, 3.05) is 23.4 Å². The summed E-state index contributed by atoms with van der Waals surface area (Å²) in [6.07, 6.45) is 4.46. The van der Waals surface area contributed by atoms with E-state index in [1.54, 1.807) is 18.4 Å². The number of nitrogens with zero attached hydrogens (tertiary/aromatic N) is 2. The van der Waals surface area contributed by atoms with Gasteiger partial charge in [0, 0.05) is 11.9 Å². The van der Waals surface area contributed by atoms with E-state index in [-0.39, 0.29) is 11.7 Å². The van der Waals surface area contributed by atoms with E-state index in [0.29, 0.717) is 15.1 Å². The van der Waals surface area contributed by atoms with Crippen LogP contribution in [0.4, 0.5) is 16.1 Å². The lowest BCUT2D eigenvalue weighted by Gasteiger charge is -2.06. The SMILES string of the molecule is CNc1nc(N)c(C(=O)Nc2nc3c(s2)CCCC3)s1. The molecule has 2 aromatic heterocycles. The number of fused-ring (bicyclic) bond motifs is 1. The highest BCUT2D eigenvalue weighted by Gasteiger charge is 2.20. The van der Waals surface area contributed by atoms with Crippen molar-refractivity contribution in [2.45, 2.75) is 25.7 Å². The minimum atomic E-state index is -0.243. The number of aryl methyl sites for hydroxylation is 2. The van der Waals surface area contributed by atoms with E-state index < -0.39 is 0 Å². The highest BCUT2D eigenvalue weighted by Crippen LogP contribution is 2.31. The lowest BCUT2D eigenvalue weighted by atomic mass is 10.0. The van der Waals surface area contributed by atoms with Crippen molar-refractivity contribution < 1.29 is 4.79 Å². The van der Waals surface area contributed by atoms with Gasteiger partial charge in [-0.2, -0.15) is 0 Å². The zero-order chi connectivity index (χ0) is 14.1. The smallest absolute Gasteiger partial charge is 0.271 e. The minimum absolute atomic E-state index is 0.243. The molecule has 6 nitrogen and oxygen atoms in total. The molecule has 0 fully saturated rings. The summed E-state index contributed by atoms with van der Waals surface area (Å²) in [6.45, 7) is 0. The molecule has 0 saturated carbocycles. The summed E-state index contributed by atoms with van der Waals surface area (Å²) in [7, 11) is 1.74. The van der Waals surface area contributed by atoms with Crippen molar-refractivity contribution >= 4 is 44.7 Å². The van der Waals surface area contributed by atoms with E-state index in [9.17, 15) is 4.79 Å². The number of hydrogen-bond acceptors (Lipinski definition) is 7. The molecule has 0 unspecified atom stereocenters. The van der Waals surface area contributed by atoms with Gasteiger partial charge in [0.25, 0.3) is 5.91 Å². The first kappa shape index (κ1) is 13.3. The van der Waals surface area contributed by atoms with Crippen LogP contribution in [0.15, 0.2) is 0 Å². The van der Waals surface area contributed by atoms with E-state index in [0.717, 1.165) is 18.5 Å². The number of hydrogen-bond donors (Lipinski definition) is 3. The fourth-order valence-corrected chi connectivity index (χ4v) is 3.94. The average Bonchev–Trinajstić information content (AvgIpc) is 3.01. The number of amides is 1. The molecule has 8 heteroatoms. The monoisotopic (exact) mass is 309 g/mol. The third-order valence-electron chi connectivity index (χ3n) is 3.14. The van der Waals surface area contributed by atoms with Crippen LogP contribution >= 0.6 is 22.7 Å². The highest BCUT2D eigenvalue weighted by molar-refractivity contribution is 7.18. The third-order valence-corrected chi connectivity index (χ3v) is 5.30. The Bertz CT molecular complexity index is 625. The summed E-state index contributed by atoms with van der Waals surface area (Å²) in [5, 5.41) is 6.99. The Morgan fingerprint density at radius 2 is 2.00 bits per heavy atom. The second-order valence-electron chi connectivity index (χ2n) is 4.53. The Morgan fingerprint density at radius 1 is 1.20 bits per heavy atom. The number of rotatable bonds is 3. The van der Waals surface area contributed by atoms with E-state index in [2.05, 4.69) is 20.6 Å². The first-order chi connectivity index (χ1) is 9.67. The summed E-state index contributed by atoms with van der Waals surface area (Å²) >= 11 is 2.80. The standard InChI is InChI=1S/C12H15N5OS2/c1-14-11-16-9(13)8(20-11)10(18)17-12-15-6-4-2-3-5-7(6)19-12/h2-5,13H2,1H3,(H,14,16)(H,15,17,18). The van der Waals surface area contributed by atoms with Gasteiger partial charge < -0.3 is 11.1 Å². The Balaban J connectivity index is 1.78. The number of nitrogens with two attached hydrogens (primary N) is 1. The number of carbonyl (C=O) groups excluding carboxylic acids is 1. The number of anilines is 3. The Labute approximate surface area is 124 Å². The molecule has 0 atom stereocenters. The normalized spacial score (nSPS) is 13.8. The average molecular weight is 309 g/mol. The number of nitrogens with one attached hydrogen (secondary N) is 2. The van der Waals surface area contributed by atoms with Gasteiger partial charge in [-0.15, -0.1) is 11.3 Å². The Morgan fingerprint density at radius 3 is 2.70 bits per heavy atom. The first-order valence-electron chi connectivity index (χ1n) is 6.41. The van der Waals surface area contributed by atoms with E-state index >= 15 is 0 Å². The predicted molar refractivity (Wildman–Crippen MR) is 82.8 cm³/mol. The van der Waals surface area contributed by atoms with Gasteiger partial charge in [0.15, 0.2) is 10.3 Å². The molecular weight excluding hydrogens is 294 g/mol. The molecule has 0 spiro atoms. The van der Waals surface area contributed by atoms with Gasteiger partial charge in [-0.1, -0.05) is 11.3 Å². The molecule has 106 valence electrons. The van der Waals surface area contributed by atoms with Crippen LogP contribution in [0, 0.1) is 0 Å². The summed E-state index contributed by atoms with van der Waals surface area (Å²) in [6, 6.07) is 0. The molecular formula is C12H15N5OS2. The molecule has 0 radical (unpaired) electrons. The number of aromatic nitrogens is 2. The van der Waals surface area contributed by atoms with Crippen LogP contribution in [-0.4, -0.2) is 22.9 Å². The van der Waals surface area contributed by atoms with Crippen LogP contribution in [0.25, 0.3) is 0 Å². The van der Waals surface area contributed by atoms with Crippen LogP contribution in [0.5, 0.6) is 0 Å². The number of thiazole rings is 2. The molecule has 0 aromatic carbocycles. The Hall–Kier alpha value is -1.67.